The van der Waals surface area contributed by atoms with Crippen molar-refractivity contribution < 1.29 is 0 Å². The Morgan fingerprint density at radius 1 is 1.38 bits per heavy atom. The van der Waals surface area contributed by atoms with E-state index in [-0.39, 0.29) is 0 Å². The van der Waals surface area contributed by atoms with E-state index in [4.69, 9.17) is 0 Å². The first-order valence-electron chi connectivity index (χ1n) is 6.38. The van der Waals surface area contributed by atoms with Gasteiger partial charge in [-0.1, -0.05) is 13.3 Å². The fourth-order valence-electron chi connectivity index (χ4n) is 2.64. The fraction of sp³-hybridized carbons (Fsp3) is 0.692. The summed E-state index contributed by atoms with van der Waals surface area (Å²) in [5.74, 6) is 1.38. The highest BCUT2D eigenvalue weighted by Crippen LogP contribution is 2.37. The lowest BCUT2D eigenvalue weighted by atomic mass is 9.93. The van der Waals surface area contributed by atoms with E-state index in [0.717, 1.165) is 19.0 Å². The number of hydrogen-bond acceptors (Lipinski definition) is 3. The van der Waals surface area contributed by atoms with E-state index in [0.29, 0.717) is 5.92 Å². The van der Waals surface area contributed by atoms with Crippen molar-refractivity contribution in [3.05, 3.63) is 24.3 Å². The molecule has 1 N–H and O–H groups in total. The van der Waals surface area contributed by atoms with Crippen molar-refractivity contribution in [2.75, 3.05) is 13.1 Å². The molecule has 0 aliphatic heterocycles. The minimum Gasteiger partial charge on any atom is -0.316 e. The molecular formula is C13H21N3. The van der Waals surface area contributed by atoms with E-state index in [1.165, 1.54) is 31.4 Å². The molecule has 88 valence electrons. The van der Waals surface area contributed by atoms with Crippen LogP contribution in [0.15, 0.2) is 18.6 Å². The van der Waals surface area contributed by atoms with Gasteiger partial charge in [-0.25, -0.2) is 0 Å². The van der Waals surface area contributed by atoms with Gasteiger partial charge in [0.25, 0.3) is 0 Å². The second kappa shape index (κ2) is 5.94. The van der Waals surface area contributed by atoms with Gasteiger partial charge >= 0.3 is 0 Å². The van der Waals surface area contributed by atoms with E-state index in [9.17, 15) is 0 Å². The Morgan fingerprint density at radius 3 is 3.06 bits per heavy atom. The molecule has 0 radical (unpaired) electrons. The minimum absolute atomic E-state index is 0.623. The van der Waals surface area contributed by atoms with Crippen LogP contribution in [0, 0.1) is 5.92 Å². The van der Waals surface area contributed by atoms with Crippen molar-refractivity contribution in [2.24, 2.45) is 5.92 Å². The summed E-state index contributed by atoms with van der Waals surface area (Å²) in [5.41, 5.74) is 1.18. The zero-order valence-electron chi connectivity index (χ0n) is 10.0. The average molecular weight is 219 g/mol. The summed E-state index contributed by atoms with van der Waals surface area (Å²) in [7, 11) is 0. The molecule has 2 unspecified atom stereocenters. The normalized spacial score (nSPS) is 24.8. The minimum atomic E-state index is 0.623. The molecule has 0 saturated heterocycles. The third-order valence-electron chi connectivity index (χ3n) is 3.46. The molecule has 1 saturated carbocycles. The van der Waals surface area contributed by atoms with Gasteiger partial charge in [0.1, 0.15) is 0 Å². The highest BCUT2D eigenvalue weighted by atomic mass is 14.9. The molecule has 0 spiro atoms. The summed E-state index contributed by atoms with van der Waals surface area (Å²) in [5, 5.41) is 3.53. The van der Waals surface area contributed by atoms with Crippen molar-refractivity contribution in [1.29, 1.82) is 0 Å². The SMILES string of the molecule is CCCNCC1CCCC1c1cnccn1. The van der Waals surface area contributed by atoms with Crippen LogP contribution in [-0.2, 0) is 0 Å². The lowest BCUT2D eigenvalue weighted by Crippen LogP contribution is -2.25. The third-order valence-corrected chi connectivity index (χ3v) is 3.46. The van der Waals surface area contributed by atoms with Crippen LogP contribution in [0.3, 0.4) is 0 Å². The standard InChI is InChI=1S/C13H21N3/c1-2-6-14-9-11-4-3-5-12(11)13-10-15-7-8-16-13/h7-8,10-12,14H,2-6,9H2,1H3. The summed E-state index contributed by atoms with van der Waals surface area (Å²) in [6.07, 6.45) is 10.6. The Balaban J connectivity index is 1.93. The Morgan fingerprint density at radius 2 is 2.31 bits per heavy atom. The maximum atomic E-state index is 4.45. The first kappa shape index (κ1) is 11.5. The van der Waals surface area contributed by atoms with Gasteiger partial charge < -0.3 is 5.32 Å². The van der Waals surface area contributed by atoms with Gasteiger partial charge in [0.15, 0.2) is 0 Å². The van der Waals surface area contributed by atoms with E-state index in [2.05, 4.69) is 22.2 Å². The third kappa shape index (κ3) is 2.79. The van der Waals surface area contributed by atoms with Crippen LogP contribution >= 0.6 is 0 Å². The number of aromatic nitrogens is 2. The maximum Gasteiger partial charge on any atom is 0.0620 e. The molecule has 1 aromatic heterocycles. The van der Waals surface area contributed by atoms with Gasteiger partial charge in [0.2, 0.25) is 0 Å². The molecule has 0 amide bonds. The van der Waals surface area contributed by atoms with Crippen molar-refractivity contribution in [2.45, 2.75) is 38.5 Å². The molecule has 1 aromatic rings. The maximum absolute atomic E-state index is 4.45. The van der Waals surface area contributed by atoms with Crippen molar-refractivity contribution >= 4 is 0 Å². The number of hydrogen-bond donors (Lipinski definition) is 1. The topological polar surface area (TPSA) is 37.8 Å². The average Bonchev–Trinajstić information content (AvgIpc) is 2.79. The van der Waals surface area contributed by atoms with Gasteiger partial charge in [0.05, 0.1) is 5.69 Å². The zero-order chi connectivity index (χ0) is 11.2. The quantitative estimate of drug-likeness (QED) is 0.773. The first-order chi connectivity index (χ1) is 7.92. The smallest absolute Gasteiger partial charge is 0.0620 e. The Kier molecular flexibility index (Phi) is 4.28. The van der Waals surface area contributed by atoms with Gasteiger partial charge in [-0.2, -0.15) is 0 Å². The number of nitrogens with zero attached hydrogens (tertiary/aromatic N) is 2. The van der Waals surface area contributed by atoms with E-state index >= 15 is 0 Å². The summed E-state index contributed by atoms with van der Waals surface area (Å²) >= 11 is 0. The van der Waals surface area contributed by atoms with Crippen LogP contribution in [0.5, 0.6) is 0 Å². The summed E-state index contributed by atoms with van der Waals surface area (Å²) < 4.78 is 0. The Hall–Kier alpha value is -0.960. The second-order valence-corrected chi connectivity index (χ2v) is 4.63. The van der Waals surface area contributed by atoms with Gasteiger partial charge in [-0.15, -0.1) is 0 Å². The molecule has 0 bridgehead atoms. The van der Waals surface area contributed by atoms with E-state index < -0.39 is 0 Å². The van der Waals surface area contributed by atoms with Crippen LogP contribution in [0.1, 0.15) is 44.2 Å². The lowest BCUT2D eigenvalue weighted by molar-refractivity contribution is 0.438. The van der Waals surface area contributed by atoms with Crippen molar-refractivity contribution in [3.8, 4) is 0 Å². The predicted molar refractivity (Wildman–Crippen MR) is 65.3 cm³/mol. The molecular weight excluding hydrogens is 198 g/mol. The van der Waals surface area contributed by atoms with E-state index in [1.54, 1.807) is 6.20 Å². The highest BCUT2D eigenvalue weighted by Gasteiger charge is 2.29. The molecule has 3 nitrogen and oxygen atoms in total. The molecule has 0 aromatic carbocycles. The predicted octanol–water partition coefficient (Wildman–Crippen LogP) is 2.36. The van der Waals surface area contributed by atoms with Gasteiger partial charge in [0, 0.05) is 24.5 Å². The Labute approximate surface area is 97.7 Å². The Bertz CT molecular complexity index is 299. The summed E-state index contributed by atoms with van der Waals surface area (Å²) in [6.45, 7) is 4.47. The van der Waals surface area contributed by atoms with Crippen molar-refractivity contribution in [1.82, 2.24) is 15.3 Å². The summed E-state index contributed by atoms with van der Waals surface area (Å²) in [4.78, 5) is 8.63. The largest absolute Gasteiger partial charge is 0.316 e. The lowest BCUT2D eigenvalue weighted by Gasteiger charge is -2.19. The van der Waals surface area contributed by atoms with Crippen LogP contribution in [0.4, 0.5) is 0 Å². The van der Waals surface area contributed by atoms with Gasteiger partial charge in [-0.05, 0) is 38.3 Å². The first-order valence-corrected chi connectivity index (χ1v) is 6.38. The van der Waals surface area contributed by atoms with Crippen LogP contribution in [0.2, 0.25) is 0 Å². The fourth-order valence-corrected chi connectivity index (χ4v) is 2.64. The zero-order valence-corrected chi connectivity index (χ0v) is 10.0. The molecule has 3 heteroatoms. The molecule has 1 fully saturated rings. The molecule has 1 aliphatic carbocycles. The van der Waals surface area contributed by atoms with Crippen LogP contribution < -0.4 is 5.32 Å². The van der Waals surface area contributed by atoms with Crippen LogP contribution in [-0.4, -0.2) is 23.1 Å². The molecule has 1 aliphatic rings. The van der Waals surface area contributed by atoms with Crippen LogP contribution in [0.25, 0.3) is 0 Å². The highest BCUT2D eigenvalue weighted by molar-refractivity contribution is 5.08. The van der Waals surface area contributed by atoms with Gasteiger partial charge in [-0.3, -0.25) is 9.97 Å². The number of rotatable bonds is 5. The van der Waals surface area contributed by atoms with E-state index in [1.807, 2.05) is 12.4 Å². The molecule has 2 rings (SSSR count). The molecule has 2 atom stereocenters. The number of nitrogens with one attached hydrogen (secondary N) is 1. The molecule has 16 heavy (non-hydrogen) atoms. The second-order valence-electron chi connectivity index (χ2n) is 4.63. The van der Waals surface area contributed by atoms with Crippen molar-refractivity contribution in [3.63, 3.8) is 0 Å². The monoisotopic (exact) mass is 219 g/mol. The molecule has 1 heterocycles. The summed E-state index contributed by atoms with van der Waals surface area (Å²) in [6, 6.07) is 0.